The number of carbonyl (C=O) groups is 2. The molecule has 9 heteroatoms. The van der Waals surface area contributed by atoms with E-state index in [0.29, 0.717) is 95.7 Å². The van der Waals surface area contributed by atoms with Gasteiger partial charge < -0.3 is 40.2 Å². The maximum Gasteiger partial charge on any atom is 2.00 e. The smallest absolute Gasteiger partial charge is 0.550 e. The van der Waals surface area contributed by atoms with Crippen LogP contribution in [0.15, 0.2) is 0 Å². The predicted octanol–water partition coefficient (Wildman–Crippen LogP) is 7.18. The van der Waals surface area contributed by atoms with Gasteiger partial charge in [0.1, 0.15) is 0 Å². The Morgan fingerprint density at radius 2 is 0.852 bits per heavy atom. The van der Waals surface area contributed by atoms with Gasteiger partial charge in [0.15, 0.2) is 0 Å². The molecule has 0 aromatic heterocycles. The average Bonchev–Trinajstić information content (AvgIpc) is 3.74. The normalized spacial score (nSPS) is 50.7. The average molecular weight is 879 g/mol. The number of hydrogen-bond donors (Lipinski definition) is 4. The number of carboxylic acids is 2. The van der Waals surface area contributed by atoms with Crippen LogP contribution < -0.4 is 10.2 Å². The Kier molecular flexibility index (Phi) is 16.0. The summed E-state index contributed by atoms with van der Waals surface area (Å²) in [5, 5.41) is 66.2. The molecule has 0 heterocycles. The maximum absolute atomic E-state index is 11.7. The Morgan fingerprint density at radius 3 is 1.18 bits per heavy atom. The van der Waals surface area contributed by atoms with Crippen LogP contribution in [-0.4, -0.2) is 94.5 Å². The van der Waals surface area contributed by atoms with E-state index in [9.17, 15) is 40.2 Å². The van der Waals surface area contributed by atoms with Gasteiger partial charge in [-0.05, 0) is 220 Å². The number of aliphatic hydroxyl groups excluding tert-OH is 4. The Labute approximate surface area is 400 Å². The van der Waals surface area contributed by atoms with Gasteiger partial charge in [-0.25, -0.2) is 0 Å². The summed E-state index contributed by atoms with van der Waals surface area (Å²) in [4.78, 5) is 22.0. The van der Waals surface area contributed by atoms with Crippen molar-refractivity contribution in [1.29, 1.82) is 0 Å². The molecule has 0 unspecified atom stereocenters. The molecule has 8 rings (SSSR count). The van der Waals surface area contributed by atoms with E-state index in [1.807, 2.05) is 0 Å². The molecule has 4 N–H and O–H groups in total. The zero-order valence-corrected chi connectivity index (χ0v) is 41.9. The van der Waals surface area contributed by atoms with Crippen LogP contribution in [0.3, 0.4) is 0 Å². The van der Waals surface area contributed by atoms with Crippen LogP contribution in [0.5, 0.6) is 0 Å². The molecule has 8 nitrogen and oxygen atoms in total. The number of carbonyl (C=O) groups excluding carboxylic acids is 2. The van der Waals surface area contributed by atoms with Crippen molar-refractivity contribution >= 4 is 49.7 Å². The van der Waals surface area contributed by atoms with E-state index in [1.54, 1.807) is 0 Å². The van der Waals surface area contributed by atoms with E-state index >= 15 is 0 Å². The van der Waals surface area contributed by atoms with Crippen molar-refractivity contribution in [3.8, 4) is 0 Å². The zero-order chi connectivity index (χ0) is 43.7. The fourth-order valence-electron chi connectivity index (χ4n) is 19.0. The van der Waals surface area contributed by atoms with E-state index in [2.05, 4.69) is 55.4 Å². The summed E-state index contributed by atoms with van der Waals surface area (Å²) in [5.74, 6) is 4.41. The van der Waals surface area contributed by atoms with Gasteiger partial charge in [-0.15, -0.1) is 0 Å². The third-order valence-corrected chi connectivity index (χ3v) is 21.9. The minimum atomic E-state index is -0.933. The molecule has 8 aliphatic carbocycles. The molecule has 61 heavy (non-hydrogen) atoms. The summed E-state index contributed by atoms with van der Waals surface area (Å²) >= 11 is 0. The minimum absolute atomic E-state index is 0. The van der Waals surface area contributed by atoms with Crippen LogP contribution in [0.1, 0.15) is 184 Å². The SMILES string of the molecule is CC[C@H]1[C@@H](O)[C@@H]2[C@H](CC[C@]3(C)[C@@H]([C@H](C)CCC(=O)[O-])CC[C@@H]23)[C@@]2(C)CC[C@@H](O)C[C@@H]12.CC[C@H]1[C@@H](O)[C@@H]2[C@H](CC[C@]3(C)[C@@H]([C@H](C)CCC(=O)[O-])CC[C@@H]23)[C@@]2(C)CC[C@@H](O)C[C@@H]12.[Ca+2]. The van der Waals surface area contributed by atoms with Crippen LogP contribution in [0.2, 0.25) is 0 Å². The first-order valence-corrected chi connectivity index (χ1v) is 25.4. The molecule has 8 saturated carbocycles. The van der Waals surface area contributed by atoms with Crippen LogP contribution in [-0.2, 0) is 9.59 Å². The van der Waals surface area contributed by atoms with Crippen molar-refractivity contribution in [2.24, 2.45) is 105 Å². The standard InChI is InChI=1S/2C26H44O4.Ca/c2*1-5-17-21-14-16(27)10-12-26(21,4)20-11-13-25(3)18(15(2)6-9-22(28)29)7-8-19(25)23(20)24(17)30;/h2*15-21,23-24,27,30H,5-14H2,1-4H3,(H,28,29);/q;;+2/p-2/t2*15-,16-,17-,18-,19+,20+,21+,23+,24-,25-,26-;/m11./s1. The van der Waals surface area contributed by atoms with Crippen LogP contribution in [0.4, 0.5) is 0 Å². The Hall–Kier alpha value is 0.0397. The molecule has 0 radical (unpaired) electrons. The fraction of sp³-hybridized carbons (Fsp3) is 0.962. The quantitative estimate of drug-likeness (QED) is 0.168. The van der Waals surface area contributed by atoms with Gasteiger partial charge in [0, 0.05) is 11.9 Å². The molecule has 0 spiro atoms. The van der Waals surface area contributed by atoms with Gasteiger partial charge >= 0.3 is 37.7 Å². The predicted molar refractivity (Wildman–Crippen MR) is 236 cm³/mol. The van der Waals surface area contributed by atoms with Gasteiger partial charge in [0.25, 0.3) is 0 Å². The molecule has 0 aromatic rings. The number of aliphatic hydroxyl groups is 4. The molecular formula is C52H86CaO8. The molecule has 22 atom stereocenters. The van der Waals surface area contributed by atoms with Gasteiger partial charge in [0.05, 0.1) is 24.4 Å². The van der Waals surface area contributed by atoms with Crippen molar-refractivity contribution in [1.82, 2.24) is 0 Å². The molecule has 0 amide bonds. The van der Waals surface area contributed by atoms with E-state index in [0.717, 1.165) is 51.4 Å². The van der Waals surface area contributed by atoms with E-state index in [1.165, 1.54) is 51.4 Å². The van der Waals surface area contributed by atoms with Crippen LogP contribution in [0.25, 0.3) is 0 Å². The molecule has 8 aliphatic rings. The maximum atomic E-state index is 11.7. The number of hydrogen-bond acceptors (Lipinski definition) is 8. The van der Waals surface area contributed by atoms with Crippen molar-refractivity contribution in [2.75, 3.05) is 0 Å². The number of rotatable bonds is 10. The topological polar surface area (TPSA) is 161 Å². The van der Waals surface area contributed by atoms with E-state index in [4.69, 9.17) is 0 Å². The summed E-state index contributed by atoms with van der Waals surface area (Å²) in [7, 11) is 0. The van der Waals surface area contributed by atoms with Gasteiger partial charge in [0.2, 0.25) is 0 Å². The molecule has 0 bridgehead atoms. The molecule has 0 saturated heterocycles. The molecule has 0 aromatic carbocycles. The van der Waals surface area contributed by atoms with Crippen LogP contribution in [0, 0.1) is 105 Å². The molecule has 0 aliphatic heterocycles. The van der Waals surface area contributed by atoms with Gasteiger partial charge in [-0.1, -0.05) is 68.2 Å². The van der Waals surface area contributed by atoms with Crippen molar-refractivity contribution in [3.63, 3.8) is 0 Å². The molecule has 344 valence electrons. The second kappa shape index (κ2) is 19.3. The second-order valence-electron chi connectivity index (χ2n) is 24.0. The van der Waals surface area contributed by atoms with Crippen molar-refractivity contribution < 1.29 is 40.2 Å². The zero-order valence-electron chi connectivity index (χ0n) is 39.7. The molecule has 8 fully saturated rings. The summed E-state index contributed by atoms with van der Waals surface area (Å²) in [6, 6.07) is 0. The Morgan fingerprint density at radius 1 is 0.525 bits per heavy atom. The number of carboxylic acid groups (broad SMARTS) is 2. The first kappa shape index (κ1) is 50.5. The minimum Gasteiger partial charge on any atom is -0.550 e. The second-order valence-corrected chi connectivity index (χ2v) is 24.0. The van der Waals surface area contributed by atoms with E-state index in [-0.39, 0.29) is 96.7 Å². The van der Waals surface area contributed by atoms with Gasteiger partial charge in [-0.3, -0.25) is 0 Å². The first-order chi connectivity index (χ1) is 28.3. The monoisotopic (exact) mass is 879 g/mol. The fourth-order valence-corrected chi connectivity index (χ4v) is 19.0. The summed E-state index contributed by atoms with van der Waals surface area (Å²) in [6.07, 6.45) is 18.0. The van der Waals surface area contributed by atoms with Crippen molar-refractivity contribution in [2.45, 2.75) is 208 Å². The first-order valence-electron chi connectivity index (χ1n) is 25.4. The van der Waals surface area contributed by atoms with Crippen LogP contribution >= 0.6 is 0 Å². The summed E-state index contributed by atoms with van der Waals surface area (Å²) in [5.41, 5.74) is 0.903. The largest absolute Gasteiger partial charge is 2.00 e. The third-order valence-electron chi connectivity index (χ3n) is 21.9. The van der Waals surface area contributed by atoms with Crippen molar-refractivity contribution in [3.05, 3.63) is 0 Å². The summed E-state index contributed by atoms with van der Waals surface area (Å²) < 4.78 is 0. The Bertz CT molecular complexity index is 1420. The Balaban J connectivity index is 0.000000201. The number of fused-ring (bicyclic) bond motifs is 10. The molecular weight excluding hydrogens is 793 g/mol. The number of aliphatic carboxylic acids is 2. The van der Waals surface area contributed by atoms with E-state index < -0.39 is 11.9 Å². The van der Waals surface area contributed by atoms with Gasteiger partial charge in [-0.2, -0.15) is 0 Å². The summed E-state index contributed by atoms with van der Waals surface area (Å²) in [6.45, 7) is 18.8. The third kappa shape index (κ3) is 8.75.